The van der Waals surface area contributed by atoms with Crippen LogP contribution in [0.1, 0.15) is 41.0 Å². The van der Waals surface area contributed by atoms with Gasteiger partial charge in [0.2, 0.25) is 0 Å². The van der Waals surface area contributed by atoms with Gasteiger partial charge in [-0.05, 0) is 46.5 Å². The number of hydrogen-bond acceptors (Lipinski definition) is 3. The van der Waals surface area contributed by atoms with Gasteiger partial charge in [-0.15, -0.1) is 0 Å². The second-order valence-corrected chi connectivity index (χ2v) is 6.36. The number of carbonyl (C=O) groups is 1. The van der Waals surface area contributed by atoms with Crippen LogP contribution in [-0.4, -0.2) is 47.0 Å². The molecule has 0 aromatic rings. The highest BCUT2D eigenvalue weighted by molar-refractivity contribution is 6.54. The minimum absolute atomic E-state index is 0.0449. The molecule has 1 atom stereocenters. The van der Waals surface area contributed by atoms with Gasteiger partial charge in [0.25, 0.3) is 0 Å². The molecular weight excluding hydrogens is 245 g/mol. The minimum Gasteiger partial charge on any atom is -0.465 e. The fourth-order valence-corrected chi connectivity index (χ4v) is 2.38. The van der Waals surface area contributed by atoms with Gasteiger partial charge in [0.05, 0.1) is 11.2 Å². The number of amides is 1. The van der Waals surface area contributed by atoms with Crippen molar-refractivity contribution in [3.8, 4) is 0 Å². The number of nitrogens with zero attached hydrogens (tertiary/aromatic N) is 1. The smallest absolute Gasteiger partial charge is 0.465 e. The van der Waals surface area contributed by atoms with Crippen LogP contribution in [0.5, 0.6) is 0 Å². The Morgan fingerprint density at radius 1 is 1.37 bits per heavy atom. The van der Waals surface area contributed by atoms with Gasteiger partial charge >= 0.3 is 13.2 Å². The van der Waals surface area contributed by atoms with E-state index in [4.69, 9.17) is 14.4 Å². The average Bonchev–Trinajstić information content (AvgIpc) is 2.47. The van der Waals surface area contributed by atoms with Crippen molar-refractivity contribution < 1.29 is 19.2 Å². The van der Waals surface area contributed by atoms with Crippen LogP contribution in [0.4, 0.5) is 4.79 Å². The van der Waals surface area contributed by atoms with Crippen LogP contribution in [0.3, 0.4) is 0 Å². The number of hydrogen-bond donors (Lipinski definition) is 1. The molecule has 0 saturated carbocycles. The fourth-order valence-electron chi connectivity index (χ4n) is 2.38. The fraction of sp³-hybridized carbons (Fsp3) is 0.769. The minimum atomic E-state index is -0.878. The summed E-state index contributed by atoms with van der Waals surface area (Å²) in [6, 6.07) is -0.0449. The Morgan fingerprint density at radius 3 is 2.32 bits per heavy atom. The summed E-state index contributed by atoms with van der Waals surface area (Å²) >= 11 is 0. The quantitative estimate of drug-likeness (QED) is 0.741. The van der Waals surface area contributed by atoms with Crippen LogP contribution in [0.25, 0.3) is 0 Å². The van der Waals surface area contributed by atoms with Crippen molar-refractivity contribution in [2.24, 2.45) is 0 Å². The average molecular weight is 267 g/mol. The molecule has 2 aliphatic rings. The van der Waals surface area contributed by atoms with Crippen molar-refractivity contribution in [1.82, 2.24) is 4.90 Å². The SMILES string of the molecule is CC1CC(B2OC(C)(C)C(C)(C)O2)=CCN1C(=O)O. The highest BCUT2D eigenvalue weighted by Crippen LogP contribution is 2.39. The molecule has 2 aliphatic heterocycles. The van der Waals surface area contributed by atoms with Gasteiger partial charge in [-0.25, -0.2) is 4.79 Å². The summed E-state index contributed by atoms with van der Waals surface area (Å²) in [5, 5.41) is 9.06. The van der Waals surface area contributed by atoms with E-state index in [0.29, 0.717) is 13.0 Å². The van der Waals surface area contributed by atoms with E-state index in [-0.39, 0.29) is 24.4 Å². The molecule has 1 N–H and O–H groups in total. The molecule has 0 aromatic heterocycles. The summed E-state index contributed by atoms with van der Waals surface area (Å²) in [4.78, 5) is 12.5. The maximum Gasteiger partial charge on any atom is 0.490 e. The van der Waals surface area contributed by atoms with Crippen LogP contribution in [0, 0.1) is 0 Å². The third-order valence-corrected chi connectivity index (χ3v) is 4.42. The van der Waals surface area contributed by atoms with Gasteiger partial charge < -0.3 is 19.3 Å². The van der Waals surface area contributed by atoms with Crippen LogP contribution in [0.15, 0.2) is 11.5 Å². The van der Waals surface area contributed by atoms with E-state index < -0.39 is 6.09 Å². The lowest BCUT2D eigenvalue weighted by Gasteiger charge is -2.32. The molecule has 1 saturated heterocycles. The Balaban J connectivity index is 2.12. The Kier molecular flexibility index (Phi) is 3.43. The molecule has 1 amide bonds. The summed E-state index contributed by atoms with van der Waals surface area (Å²) < 4.78 is 12.0. The molecule has 19 heavy (non-hydrogen) atoms. The van der Waals surface area contributed by atoms with Crippen LogP contribution >= 0.6 is 0 Å². The summed E-state index contributed by atoms with van der Waals surface area (Å²) in [5.41, 5.74) is 0.334. The zero-order valence-corrected chi connectivity index (χ0v) is 12.3. The zero-order valence-electron chi connectivity index (χ0n) is 12.3. The van der Waals surface area contributed by atoms with Crippen molar-refractivity contribution in [3.63, 3.8) is 0 Å². The van der Waals surface area contributed by atoms with E-state index in [1.807, 2.05) is 40.7 Å². The molecule has 2 rings (SSSR count). The molecular formula is C13H22BNO4. The molecule has 1 fully saturated rings. The monoisotopic (exact) mass is 267 g/mol. The highest BCUT2D eigenvalue weighted by Gasteiger charge is 2.52. The standard InChI is InChI=1S/C13H22BNO4/c1-9-8-10(6-7-15(9)11(16)17)14-18-12(2,3)13(4,5)19-14/h6,9H,7-8H2,1-5H3,(H,16,17). The predicted molar refractivity (Wildman–Crippen MR) is 73.0 cm³/mol. The normalized spacial score (nSPS) is 29.3. The van der Waals surface area contributed by atoms with E-state index >= 15 is 0 Å². The summed E-state index contributed by atoms with van der Waals surface area (Å²) in [5.74, 6) is 0. The maximum atomic E-state index is 11.0. The zero-order chi connectivity index (χ0) is 14.4. The maximum absolute atomic E-state index is 11.0. The molecule has 1 unspecified atom stereocenters. The van der Waals surface area contributed by atoms with Crippen molar-refractivity contribution in [2.75, 3.05) is 6.54 Å². The molecule has 0 spiro atoms. The Bertz CT molecular complexity index is 403. The first-order chi connectivity index (χ1) is 8.64. The van der Waals surface area contributed by atoms with Crippen molar-refractivity contribution in [3.05, 3.63) is 11.5 Å². The first kappa shape index (κ1) is 14.4. The number of rotatable bonds is 1. The second kappa shape index (κ2) is 4.53. The largest absolute Gasteiger partial charge is 0.490 e. The van der Waals surface area contributed by atoms with Gasteiger partial charge in [-0.2, -0.15) is 0 Å². The summed E-state index contributed by atoms with van der Waals surface area (Å²) in [6.45, 7) is 10.4. The molecule has 0 radical (unpaired) electrons. The Hall–Kier alpha value is -1.01. The van der Waals surface area contributed by atoms with Crippen LogP contribution in [0.2, 0.25) is 0 Å². The van der Waals surface area contributed by atoms with E-state index in [1.54, 1.807) is 0 Å². The van der Waals surface area contributed by atoms with Crippen molar-refractivity contribution in [2.45, 2.75) is 58.3 Å². The van der Waals surface area contributed by atoms with Gasteiger partial charge in [-0.1, -0.05) is 6.08 Å². The number of carboxylic acid groups (broad SMARTS) is 1. The molecule has 2 heterocycles. The second-order valence-electron chi connectivity index (χ2n) is 6.36. The first-order valence-corrected chi connectivity index (χ1v) is 6.68. The molecule has 6 heteroatoms. The third kappa shape index (κ3) is 2.51. The van der Waals surface area contributed by atoms with Gasteiger partial charge in [-0.3, -0.25) is 0 Å². The van der Waals surface area contributed by atoms with Crippen LogP contribution < -0.4 is 0 Å². The highest BCUT2D eigenvalue weighted by atomic mass is 16.7. The van der Waals surface area contributed by atoms with Crippen molar-refractivity contribution >= 4 is 13.2 Å². The van der Waals surface area contributed by atoms with Gasteiger partial charge in [0.1, 0.15) is 0 Å². The van der Waals surface area contributed by atoms with E-state index in [1.165, 1.54) is 4.90 Å². The topological polar surface area (TPSA) is 59.0 Å². The van der Waals surface area contributed by atoms with E-state index in [0.717, 1.165) is 5.47 Å². The van der Waals surface area contributed by atoms with E-state index in [9.17, 15) is 4.79 Å². The predicted octanol–water partition coefficient (Wildman–Crippen LogP) is 2.32. The Morgan fingerprint density at radius 2 is 1.89 bits per heavy atom. The lowest BCUT2D eigenvalue weighted by molar-refractivity contribution is 0.00578. The summed E-state index contributed by atoms with van der Waals surface area (Å²) in [6.07, 6.45) is 1.69. The third-order valence-electron chi connectivity index (χ3n) is 4.42. The molecule has 0 aliphatic carbocycles. The molecule has 0 bridgehead atoms. The molecule has 5 nitrogen and oxygen atoms in total. The van der Waals surface area contributed by atoms with E-state index in [2.05, 4.69) is 0 Å². The van der Waals surface area contributed by atoms with Gasteiger partial charge in [0, 0.05) is 12.6 Å². The Labute approximate surface area is 114 Å². The lowest BCUT2D eigenvalue weighted by atomic mass is 9.73. The van der Waals surface area contributed by atoms with Gasteiger partial charge in [0.15, 0.2) is 0 Å². The first-order valence-electron chi connectivity index (χ1n) is 6.68. The lowest BCUT2D eigenvalue weighted by Crippen LogP contribution is -2.42. The molecule has 0 aromatic carbocycles. The van der Waals surface area contributed by atoms with Crippen LogP contribution in [-0.2, 0) is 9.31 Å². The van der Waals surface area contributed by atoms with Crippen molar-refractivity contribution in [1.29, 1.82) is 0 Å². The summed E-state index contributed by atoms with van der Waals surface area (Å²) in [7, 11) is -0.358. The molecule has 106 valence electrons.